The molecule has 1 aromatic rings. The summed E-state index contributed by atoms with van der Waals surface area (Å²) < 4.78 is 31.1. The van der Waals surface area contributed by atoms with Crippen molar-refractivity contribution in [3.63, 3.8) is 0 Å². The number of nitrogens with one attached hydrogen (secondary N) is 1. The van der Waals surface area contributed by atoms with Crippen LogP contribution in [0, 0.1) is 11.6 Å². The van der Waals surface area contributed by atoms with E-state index in [1.54, 1.807) is 13.0 Å². The van der Waals surface area contributed by atoms with E-state index in [-0.39, 0.29) is 5.69 Å². The summed E-state index contributed by atoms with van der Waals surface area (Å²) in [5.41, 5.74) is -0.0689. The third kappa shape index (κ3) is 4.25. The molecule has 1 aromatic carbocycles. The summed E-state index contributed by atoms with van der Waals surface area (Å²) in [5, 5.41) is 2.33. The van der Waals surface area contributed by atoms with Crippen molar-refractivity contribution in [1.82, 2.24) is 0 Å². The topological polar surface area (TPSA) is 38.3 Å². The van der Waals surface area contributed by atoms with Gasteiger partial charge in [-0.25, -0.2) is 8.78 Å². The zero-order valence-corrected chi connectivity index (χ0v) is 10.1. The van der Waals surface area contributed by atoms with Gasteiger partial charge >= 0.3 is 0 Å². The lowest BCUT2D eigenvalue weighted by Gasteiger charge is -2.13. The Balaban J connectivity index is 2.55. The van der Waals surface area contributed by atoms with Crippen LogP contribution in [-0.2, 0) is 9.53 Å². The monoisotopic (exact) mass is 255 g/mol. The van der Waals surface area contributed by atoms with Crippen LogP contribution < -0.4 is 5.32 Å². The minimum Gasteiger partial charge on any atom is -0.368 e. The molecule has 0 saturated heterocycles. The first-order valence-corrected chi connectivity index (χ1v) is 5.53. The highest BCUT2D eigenvalue weighted by Crippen LogP contribution is 2.15. The highest BCUT2D eigenvalue weighted by Gasteiger charge is 2.15. The van der Waals surface area contributed by atoms with Crippen LogP contribution in [0.15, 0.2) is 30.9 Å². The number of hydrogen-bond acceptors (Lipinski definition) is 2. The van der Waals surface area contributed by atoms with Crippen molar-refractivity contribution in [2.45, 2.75) is 19.4 Å². The minimum absolute atomic E-state index is 0.0689. The van der Waals surface area contributed by atoms with Gasteiger partial charge < -0.3 is 10.1 Å². The van der Waals surface area contributed by atoms with Crippen molar-refractivity contribution in [2.24, 2.45) is 0 Å². The van der Waals surface area contributed by atoms with Crippen molar-refractivity contribution in [3.05, 3.63) is 42.5 Å². The fraction of sp³-hybridized carbons (Fsp3) is 0.308. The molecule has 1 atom stereocenters. The number of carbonyl (C=O) groups excluding carboxylic acids is 1. The van der Waals surface area contributed by atoms with Gasteiger partial charge in [0, 0.05) is 6.07 Å². The molecule has 1 N–H and O–H groups in total. The highest BCUT2D eigenvalue weighted by molar-refractivity contribution is 5.93. The first kappa shape index (κ1) is 14.3. The Morgan fingerprint density at radius 3 is 2.89 bits per heavy atom. The van der Waals surface area contributed by atoms with Crippen LogP contribution in [0.5, 0.6) is 0 Å². The summed E-state index contributed by atoms with van der Waals surface area (Å²) >= 11 is 0. The Hall–Kier alpha value is -1.75. The Kier molecular flexibility index (Phi) is 5.45. The number of halogens is 2. The van der Waals surface area contributed by atoms with E-state index in [1.807, 2.05) is 0 Å². The molecule has 0 aliphatic rings. The number of anilines is 1. The molecule has 1 unspecified atom stereocenters. The smallest absolute Gasteiger partial charge is 0.253 e. The molecule has 5 heteroatoms. The zero-order chi connectivity index (χ0) is 13.5. The van der Waals surface area contributed by atoms with E-state index in [0.29, 0.717) is 19.1 Å². The molecule has 0 radical (unpaired) electrons. The molecule has 0 saturated carbocycles. The van der Waals surface area contributed by atoms with Gasteiger partial charge in [-0.15, -0.1) is 6.58 Å². The van der Waals surface area contributed by atoms with Crippen LogP contribution in [0.2, 0.25) is 0 Å². The van der Waals surface area contributed by atoms with E-state index in [2.05, 4.69) is 11.9 Å². The van der Waals surface area contributed by atoms with E-state index >= 15 is 0 Å². The molecule has 0 bridgehead atoms. The molecule has 0 aromatic heterocycles. The molecule has 0 aliphatic carbocycles. The fourth-order valence-corrected chi connectivity index (χ4v) is 1.23. The molecule has 18 heavy (non-hydrogen) atoms. The third-order valence-electron chi connectivity index (χ3n) is 2.25. The first-order chi connectivity index (χ1) is 8.54. The van der Waals surface area contributed by atoms with Gasteiger partial charge in [0.15, 0.2) is 0 Å². The first-order valence-electron chi connectivity index (χ1n) is 5.53. The second-order valence-electron chi connectivity index (χ2n) is 3.70. The number of benzene rings is 1. The second kappa shape index (κ2) is 6.86. The van der Waals surface area contributed by atoms with Gasteiger partial charge in [-0.05, 0) is 25.5 Å². The molecule has 0 fully saturated rings. The molecule has 3 nitrogen and oxygen atoms in total. The molecule has 0 aliphatic heterocycles. The largest absolute Gasteiger partial charge is 0.368 e. The van der Waals surface area contributed by atoms with Crippen LogP contribution >= 0.6 is 0 Å². The van der Waals surface area contributed by atoms with E-state index in [4.69, 9.17) is 4.74 Å². The number of ether oxygens (including phenoxy) is 1. The number of carbonyl (C=O) groups is 1. The maximum atomic E-state index is 13.3. The van der Waals surface area contributed by atoms with Crippen LogP contribution in [-0.4, -0.2) is 18.6 Å². The van der Waals surface area contributed by atoms with E-state index in [9.17, 15) is 13.6 Å². The summed E-state index contributed by atoms with van der Waals surface area (Å²) in [7, 11) is 0. The Morgan fingerprint density at radius 2 is 2.28 bits per heavy atom. The predicted octanol–water partition coefficient (Wildman–Crippen LogP) is 2.88. The predicted molar refractivity (Wildman–Crippen MR) is 65.2 cm³/mol. The molecule has 1 amide bonds. The summed E-state index contributed by atoms with van der Waals surface area (Å²) in [6.07, 6.45) is 1.58. The standard InChI is InChI=1S/C13H15F2NO2/c1-3-4-7-18-9(2)13(17)16-12-6-5-10(14)8-11(12)15/h3,5-6,8-9H,1,4,7H2,2H3,(H,16,17). The summed E-state index contributed by atoms with van der Waals surface area (Å²) in [5.74, 6) is -1.99. The normalized spacial score (nSPS) is 11.9. The van der Waals surface area contributed by atoms with E-state index in [0.717, 1.165) is 6.07 Å². The van der Waals surface area contributed by atoms with Crippen LogP contribution in [0.25, 0.3) is 0 Å². The number of hydrogen-bond donors (Lipinski definition) is 1. The van der Waals surface area contributed by atoms with Crippen LogP contribution in [0.4, 0.5) is 14.5 Å². The van der Waals surface area contributed by atoms with Gasteiger partial charge in [0.2, 0.25) is 0 Å². The van der Waals surface area contributed by atoms with Crippen molar-refractivity contribution < 1.29 is 18.3 Å². The van der Waals surface area contributed by atoms with Gasteiger partial charge in [-0.1, -0.05) is 6.08 Å². The Bertz CT molecular complexity index is 435. The SMILES string of the molecule is C=CCCOC(C)C(=O)Nc1ccc(F)cc1F. The minimum atomic E-state index is -0.818. The van der Waals surface area contributed by atoms with Crippen molar-refractivity contribution in [1.29, 1.82) is 0 Å². The lowest BCUT2D eigenvalue weighted by molar-refractivity contribution is -0.126. The quantitative estimate of drug-likeness (QED) is 0.627. The average molecular weight is 255 g/mol. The van der Waals surface area contributed by atoms with E-state index in [1.165, 1.54) is 6.07 Å². The van der Waals surface area contributed by atoms with Gasteiger partial charge in [0.1, 0.15) is 17.7 Å². The van der Waals surface area contributed by atoms with Crippen molar-refractivity contribution in [2.75, 3.05) is 11.9 Å². The molecule has 1 rings (SSSR count). The van der Waals surface area contributed by atoms with E-state index < -0.39 is 23.6 Å². The van der Waals surface area contributed by atoms with Crippen LogP contribution in [0.3, 0.4) is 0 Å². The van der Waals surface area contributed by atoms with Gasteiger partial charge in [-0.2, -0.15) is 0 Å². The van der Waals surface area contributed by atoms with Gasteiger partial charge in [0.25, 0.3) is 5.91 Å². The molecule has 0 spiro atoms. The van der Waals surface area contributed by atoms with Gasteiger partial charge in [0.05, 0.1) is 12.3 Å². The summed E-state index contributed by atoms with van der Waals surface area (Å²) in [4.78, 5) is 11.6. The number of amides is 1. The lowest BCUT2D eigenvalue weighted by atomic mass is 10.2. The Morgan fingerprint density at radius 1 is 1.56 bits per heavy atom. The lowest BCUT2D eigenvalue weighted by Crippen LogP contribution is -2.28. The molecule has 98 valence electrons. The van der Waals surface area contributed by atoms with Crippen molar-refractivity contribution >= 4 is 11.6 Å². The second-order valence-corrected chi connectivity index (χ2v) is 3.70. The van der Waals surface area contributed by atoms with Crippen molar-refractivity contribution in [3.8, 4) is 0 Å². The van der Waals surface area contributed by atoms with Crippen LogP contribution in [0.1, 0.15) is 13.3 Å². The zero-order valence-electron chi connectivity index (χ0n) is 10.1. The Labute approximate surface area is 104 Å². The van der Waals surface area contributed by atoms with Gasteiger partial charge in [-0.3, -0.25) is 4.79 Å². The fourth-order valence-electron chi connectivity index (χ4n) is 1.23. The molecular formula is C13H15F2NO2. The average Bonchev–Trinajstić information content (AvgIpc) is 2.32. The maximum absolute atomic E-state index is 13.3. The maximum Gasteiger partial charge on any atom is 0.253 e. The number of rotatable bonds is 6. The summed E-state index contributed by atoms with van der Waals surface area (Å²) in [6, 6.07) is 2.94. The third-order valence-corrected chi connectivity index (χ3v) is 2.25. The summed E-state index contributed by atoms with van der Waals surface area (Å²) in [6.45, 7) is 5.44. The highest BCUT2D eigenvalue weighted by atomic mass is 19.1. The molecule has 0 heterocycles. The molecular weight excluding hydrogens is 240 g/mol.